The van der Waals surface area contributed by atoms with E-state index in [0.717, 1.165) is 29.0 Å². The van der Waals surface area contributed by atoms with E-state index in [-0.39, 0.29) is 30.3 Å². The highest BCUT2D eigenvalue weighted by Crippen LogP contribution is 2.33. The molecule has 1 aromatic heterocycles. The summed E-state index contributed by atoms with van der Waals surface area (Å²) in [5.41, 5.74) is -0.777. The van der Waals surface area contributed by atoms with Crippen molar-refractivity contribution in [2.24, 2.45) is 5.92 Å². The summed E-state index contributed by atoms with van der Waals surface area (Å²) in [6.45, 7) is 3.85. The number of rotatable bonds is 5. The number of imide groups is 1. The fraction of sp³-hybridized carbons (Fsp3) is 0.611. The molecule has 1 saturated carbocycles. The maximum atomic E-state index is 12.7. The van der Waals surface area contributed by atoms with Gasteiger partial charge in [0.1, 0.15) is 12.1 Å². The number of nitrogens with one attached hydrogen (secondary N) is 2. The average molecular weight is 363 g/mol. The van der Waals surface area contributed by atoms with Gasteiger partial charge in [0, 0.05) is 4.88 Å². The molecule has 1 aliphatic heterocycles. The molecule has 1 saturated heterocycles. The predicted molar refractivity (Wildman–Crippen MR) is 96.1 cm³/mol. The van der Waals surface area contributed by atoms with E-state index in [4.69, 9.17) is 0 Å². The molecule has 2 fully saturated rings. The molecule has 4 amide bonds. The van der Waals surface area contributed by atoms with Crippen molar-refractivity contribution in [3.8, 4) is 0 Å². The molecule has 7 heteroatoms. The molecular weight excluding hydrogens is 338 g/mol. The summed E-state index contributed by atoms with van der Waals surface area (Å²) in [4.78, 5) is 39.6. The minimum Gasteiger partial charge on any atom is -0.347 e. The van der Waals surface area contributed by atoms with Gasteiger partial charge in [0.25, 0.3) is 5.91 Å². The first-order valence-corrected chi connectivity index (χ1v) is 9.78. The Balaban J connectivity index is 1.66. The highest BCUT2D eigenvalue weighted by Gasteiger charge is 2.51. The Morgan fingerprint density at radius 3 is 2.64 bits per heavy atom. The number of carbonyl (C=O) groups excluding carboxylic acids is 3. The Labute approximate surface area is 152 Å². The number of hydrogen-bond donors (Lipinski definition) is 2. The SMILES string of the molecule is CC(C)[C@H](NC(=O)CN1C(=O)NC2(CCCCC2)C1=O)c1cccs1. The number of carbonyl (C=O) groups is 3. The zero-order valence-corrected chi connectivity index (χ0v) is 15.5. The first kappa shape index (κ1) is 17.9. The third kappa shape index (κ3) is 3.56. The molecular formula is C18H25N3O3S. The molecule has 136 valence electrons. The van der Waals surface area contributed by atoms with Gasteiger partial charge in [-0.25, -0.2) is 4.79 Å². The Kier molecular flexibility index (Phi) is 5.13. The number of nitrogens with zero attached hydrogens (tertiary/aromatic N) is 1. The lowest BCUT2D eigenvalue weighted by molar-refractivity contribution is -0.136. The molecule has 0 bridgehead atoms. The maximum Gasteiger partial charge on any atom is 0.325 e. The number of thiophene rings is 1. The van der Waals surface area contributed by atoms with E-state index in [2.05, 4.69) is 10.6 Å². The van der Waals surface area contributed by atoms with E-state index in [1.165, 1.54) is 0 Å². The van der Waals surface area contributed by atoms with Crippen LogP contribution in [0.1, 0.15) is 56.9 Å². The normalized spacial score (nSPS) is 20.8. The van der Waals surface area contributed by atoms with Gasteiger partial charge >= 0.3 is 6.03 Å². The van der Waals surface area contributed by atoms with Crippen LogP contribution in [0.15, 0.2) is 17.5 Å². The monoisotopic (exact) mass is 363 g/mol. The predicted octanol–water partition coefficient (Wildman–Crippen LogP) is 2.82. The molecule has 2 heterocycles. The lowest BCUT2D eigenvalue weighted by atomic mass is 9.82. The van der Waals surface area contributed by atoms with Gasteiger partial charge in [0.05, 0.1) is 6.04 Å². The largest absolute Gasteiger partial charge is 0.347 e. The Bertz CT molecular complexity index is 651. The highest BCUT2D eigenvalue weighted by molar-refractivity contribution is 7.10. The van der Waals surface area contributed by atoms with Crippen LogP contribution in [0.2, 0.25) is 0 Å². The van der Waals surface area contributed by atoms with E-state index in [1.807, 2.05) is 31.4 Å². The van der Waals surface area contributed by atoms with E-state index in [0.29, 0.717) is 12.8 Å². The molecule has 1 aromatic rings. The topological polar surface area (TPSA) is 78.5 Å². The highest BCUT2D eigenvalue weighted by atomic mass is 32.1. The molecule has 1 aliphatic carbocycles. The molecule has 0 unspecified atom stereocenters. The van der Waals surface area contributed by atoms with Crippen LogP contribution < -0.4 is 10.6 Å². The number of amides is 4. The quantitative estimate of drug-likeness (QED) is 0.790. The second-order valence-corrected chi connectivity index (χ2v) is 8.25. The second-order valence-electron chi connectivity index (χ2n) is 7.27. The first-order chi connectivity index (χ1) is 11.9. The van der Waals surface area contributed by atoms with Gasteiger partial charge in [-0.15, -0.1) is 11.3 Å². The van der Waals surface area contributed by atoms with Crippen LogP contribution >= 0.6 is 11.3 Å². The summed E-state index contributed by atoms with van der Waals surface area (Å²) in [7, 11) is 0. The Morgan fingerprint density at radius 2 is 2.04 bits per heavy atom. The standard InChI is InChI=1S/C18H25N3O3S/c1-12(2)15(13-7-6-10-25-13)19-14(22)11-21-16(23)18(20-17(21)24)8-4-3-5-9-18/h6-7,10,12,15H,3-5,8-9,11H2,1-2H3,(H,19,22)(H,20,24)/t15-/m0/s1. The molecule has 0 radical (unpaired) electrons. The second kappa shape index (κ2) is 7.15. The van der Waals surface area contributed by atoms with Gasteiger partial charge in [-0.2, -0.15) is 0 Å². The van der Waals surface area contributed by atoms with Crippen LogP contribution in [0, 0.1) is 5.92 Å². The first-order valence-electron chi connectivity index (χ1n) is 8.90. The van der Waals surface area contributed by atoms with Crippen LogP contribution in [0.3, 0.4) is 0 Å². The van der Waals surface area contributed by atoms with Gasteiger partial charge in [-0.1, -0.05) is 39.2 Å². The van der Waals surface area contributed by atoms with Crippen molar-refractivity contribution in [2.45, 2.75) is 57.5 Å². The maximum absolute atomic E-state index is 12.7. The van der Waals surface area contributed by atoms with Crippen molar-refractivity contribution in [3.63, 3.8) is 0 Å². The molecule has 2 aliphatic rings. The van der Waals surface area contributed by atoms with Crippen molar-refractivity contribution < 1.29 is 14.4 Å². The molecule has 6 nitrogen and oxygen atoms in total. The van der Waals surface area contributed by atoms with Crippen LogP contribution in [-0.2, 0) is 9.59 Å². The fourth-order valence-electron chi connectivity index (χ4n) is 3.71. The Morgan fingerprint density at radius 1 is 1.32 bits per heavy atom. The third-order valence-electron chi connectivity index (χ3n) is 5.09. The minimum absolute atomic E-state index is 0.114. The van der Waals surface area contributed by atoms with Crippen molar-refractivity contribution in [1.82, 2.24) is 15.5 Å². The zero-order chi connectivity index (χ0) is 18.0. The minimum atomic E-state index is -0.777. The number of urea groups is 1. The summed E-state index contributed by atoms with van der Waals surface area (Å²) in [6.07, 6.45) is 4.28. The van der Waals surface area contributed by atoms with Crippen LogP contribution in [0.25, 0.3) is 0 Å². The van der Waals surface area contributed by atoms with E-state index < -0.39 is 11.6 Å². The van der Waals surface area contributed by atoms with Crippen molar-refractivity contribution in [2.75, 3.05) is 6.54 Å². The third-order valence-corrected chi connectivity index (χ3v) is 6.04. The molecule has 25 heavy (non-hydrogen) atoms. The van der Waals surface area contributed by atoms with Gasteiger partial charge in [0.2, 0.25) is 5.91 Å². The van der Waals surface area contributed by atoms with Crippen LogP contribution in [-0.4, -0.2) is 34.8 Å². The van der Waals surface area contributed by atoms with Crippen molar-refractivity contribution in [1.29, 1.82) is 0 Å². The Hall–Kier alpha value is -1.89. The van der Waals surface area contributed by atoms with E-state index in [1.54, 1.807) is 11.3 Å². The zero-order valence-electron chi connectivity index (χ0n) is 14.7. The van der Waals surface area contributed by atoms with Crippen molar-refractivity contribution >= 4 is 29.2 Å². The summed E-state index contributed by atoms with van der Waals surface area (Å²) in [6, 6.07) is 3.38. The number of hydrogen-bond acceptors (Lipinski definition) is 4. The van der Waals surface area contributed by atoms with Gasteiger partial charge < -0.3 is 10.6 Å². The van der Waals surface area contributed by atoms with Gasteiger partial charge in [-0.3, -0.25) is 14.5 Å². The van der Waals surface area contributed by atoms with Gasteiger partial charge in [0.15, 0.2) is 0 Å². The molecule has 3 rings (SSSR count). The van der Waals surface area contributed by atoms with Crippen molar-refractivity contribution in [3.05, 3.63) is 22.4 Å². The molecule has 0 aromatic carbocycles. The summed E-state index contributed by atoms with van der Waals surface area (Å²) in [5, 5.41) is 7.79. The van der Waals surface area contributed by atoms with Gasteiger partial charge in [-0.05, 0) is 30.2 Å². The lowest BCUT2D eigenvalue weighted by Crippen LogP contribution is -2.49. The summed E-state index contributed by atoms with van der Waals surface area (Å²) < 4.78 is 0. The smallest absolute Gasteiger partial charge is 0.325 e. The van der Waals surface area contributed by atoms with Crippen LogP contribution in [0.4, 0.5) is 4.79 Å². The average Bonchev–Trinajstić information content (AvgIpc) is 3.17. The summed E-state index contributed by atoms with van der Waals surface area (Å²) in [5.74, 6) is -0.330. The lowest BCUT2D eigenvalue weighted by Gasteiger charge is -2.30. The molecule has 2 N–H and O–H groups in total. The van der Waals surface area contributed by atoms with E-state index >= 15 is 0 Å². The fourth-order valence-corrected chi connectivity index (χ4v) is 4.66. The van der Waals surface area contributed by atoms with Crippen LogP contribution in [0.5, 0.6) is 0 Å². The molecule has 1 atom stereocenters. The summed E-state index contributed by atoms with van der Waals surface area (Å²) >= 11 is 1.59. The van der Waals surface area contributed by atoms with E-state index in [9.17, 15) is 14.4 Å². The molecule has 1 spiro atoms.